The van der Waals surface area contributed by atoms with Crippen molar-refractivity contribution in [3.63, 3.8) is 0 Å². The number of carbonyl (C=O) groups excluding carboxylic acids is 1. The third-order valence-electron chi connectivity index (χ3n) is 2.92. The normalized spacial score (nSPS) is 14.0. The van der Waals surface area contributed by atoms with Crippen molar-refractivity contribution in [3.05, 3.63) is 35.9 Å². The molecule has 0 radical (unpaired) electrons. The largest absolute Gasteiger partial charge is 0.480 e. The molecule has 0 saturated heterocycles. The van der Waals surface area contributed by atoms with Crippen molar-refractivity contribution in [1.29, 1.82) is 0 Å². The van der Waals surface area contributed by atoms with Crippen LogP contribution in [0.1, 0.15) is 32.3 Å². The fourth-order valence-electron chi connectivity index (χ4n) is 1.68. The van der Waals surface area contributed by atoms with Gasteiger partial charge < -0.3 is 10.4 Å². The van der Waals surface area contributed by atoms with E-state index in [1.807, 2.05) is 30.3 Å². The van der Waals surface area contributed by atoms with Crippen LogP contribution in [0.5, 0.6) is 0 Å². The molecule has 2 N–H and O–H groups in total. The maximum absolute atomic E-state index is 12.0. The van der Waals surface area contributed by atoms with Crippen molar-refractivity contribution in [2.45, 2.75) is 32.7 Å². The second-order valence-electron chi connectivity index (χ2n) is 4.70. The van der Waals surface area contributed by atoms with E-state index in [2.05, 4.69) is 5.32 Å². The van der Waals surface area contributed by atoms with Crippen LogP contribution in [-0.2, 0) is 9.59 Å². The summed E-state index contributed by atoms with van der Waals surface area (Å²) in [4.78, 5) is 23.0. The molecule has 1 amide bonds. The number of carbonyl (C=O) groups is 2. The summed E-state index contributed by atoms with van der Waals surface area (Å²) in [6.45, 7) is 5.31. The molecule has 98 valence electrons. The van der Waals surface area contributed by atoms with Gasteiger partial charge in [0, 0.05) is 0 Å². The molecule has 0 bridgehead atoms. The van der Waals surface area contributed by atoms with Crippen LogP contribution >= 0.6 is 0 Å². The van der Waals surface area contributed by atoms with Crippen LogP contribution in [0.2, 0.25) is 0 Å². The summed E-state index contributed by atoms with van der Waals surface area (Å²) < 4.78 is 0. The highest BCUT2D eigenvalue weighted by Crippen LogP contribution is 2.15. The van der Waals surface area contributed by atoms with Crippen LogP contribution in [0.25, 0.3) is 0 Å². The summed E-state index contributed by atoms with van der Waals surface area (Å²) in [7, 11) is 0. The molecule has 1 aromatic rings. The number of amides is 1. The van der Waals surface area contributed by atoms with Gasteiger partial charge in [0.1, 0.15) is 6.04 Å². The second kappa shape index (κ2) is 6.19. The Labute approximate surface area is 107 Å². The molecule has 0 saturated carbocycles. The highest BCUT2D eigenvalue weighted by molar-refractivity contribution is 5.87. The molecule has 18 heavy (non-hydrogen) atoms. The molecule has 4 nitrogen and oxygen atoms in total. The minimum Gasteiger partial charge on any atom is -0.480 e. The van der Waals surface area contributed by atoms with Gasteiger partial charge in [0.05, 0.1) is 5.92 Å². The van der Waals surface area contributed by atoms with Gasteiger partial charge in [-0.15, -0.1) is 0 Å². The molecule has 0 aromatic heterocycles. The topological polar surface area (TPSA) is 66.4 Å². The van der Waals surface area contributed by atoms with E-state index in [0.717, 1.165) is 5.56 Å². The van der Waals surface area contributed by atoms with Gasteiger partial charge in [-0.2, -0.15) is 0 Å². The van der Waals surface area contributed by atoms with Gasteiger partial charge in [-0.05, 0) is 18.4 Å². The van der Waals surface area contributed by atoms with Crippen LogP contribution in [0.15, 0.2) is 30.3 Å². The standard InChI is InChI=1S/C14H19NO3/c1-9(2)12(14(17)18)15-13(16)10(3)11-7-5-4-6-8-11/h4-10,12H,1-3H3,(H,15,16)(H,17,18)/t10?,12-/m0/s1. The zero-order chi connectivity index (χ0) is 13.7. The van der Waals surface area contributed by atoms with E-state index in [9.17, 15) is 9.59 Å². The van der Waals surface area contributed by atoms with Gasteiger partial charge in [0.25, 0.3) is 0 Å². The van der Waals surface area contributed by atoms with E-state index >= 15 is 0 Å². The van der Waals surface area contributed by atoms with Crippen molar-refractivity contribution < 1.29 is 14.7 Å². The molecule has 2 atom stereocenters. The molecule has 1 rings (SSSR count). The van der Waals surface area contributed by atoms with Gasteiger partial charge in [-0.25, -0.2) is 4.79 Å². The number of carboxylic acids is 1. The minimum absolute atomic E-state index is 0.144. The molecule has 0 aliphatic heterocycles. The molecule has 4 heteroatoms. The Hall–Kier alpha value is -1.84. The lowest BCUT2D eigenvalue weighted by molar-refractivity contribution is -0.143. The summed E-state index contributed by atoms with van der Waals surface area (Å²) in [6.07, 6.45) is 0. The molecule has 0 heterocycles. The summed E-state index contributed by atoms with van der Waals surface area (Å²) >= 11 is 0. The first-order valence-electron chi connectivity index (χ1n) is 6.01. The number of aliphatic carboxylic acids is 1. The van der Waals surface area contributed by atoms with Gasteiger partial charge in [0.2, 0.25) is 5.91 Å². The maximum atomic E-state index is 12.0. The number of nitrogens with one attached hydrogen (secondary N) is 1. The summed E-state index contributed by atoms with van der Waals surface area (Å²) in [6, 6.07) is 8.46. The van der Waals surface area contributed by atoms with E-state index in [1.54, 1.807) is 20.8 Å². The van der Waals surface area contributed by atoms with Gasteiger partial charge in [-0.1, -0.05) is 44.2 Å². The maximum Gasteiger partial charge on any atom is 0.326 e. The van der Waals surface area contributed by atoms with E-state index in [4.69, 9.17) is 5.11 Å². The molecule has 0 aliphatic carbocycles. The summed E-state index contributed by atoms with van der Waals surface area (Å²) in [5, 5.41) is 11.6. The average Bonchev–Trinajstić information content (AvgIpc) is 2.35. The molecular weight excluding hydrogens is 230 g/mol. The fourth-order valence-corrected chi connectivity index (χ4v) is 1.68. The molecule has 0 spiro atoms. The Bertz CT molecular complexity index is 414. The van der Waals surface area contributed by atoms with Crippen LogP contribution in [0.4, 0.5) is 0 Å². The monoisotopic (exact) mass is 249 g/mol. The molecule has 0 fully saturated rings. The van der Waals surface area contributed by atoms with E-state index in [-0.39, 0.29) is 17.7 Å². The van der Waals surface area contributed by atoms with E-state index in [1.165, 1.54) is 0 Å². The smallest absolute Gasteiger partial charge is 0.326 e. The van der Waals surface area contributed by atoms with Gasteiger partial charge >= 0.3 is 5.97 Å². The predicted molar refractivity (Wildman–Crippen MR) is 69.3 cm³/mol. The van der Waals surface area contributed by atoms with Crippen molar-refractivity contribution >= 4 is 11.9 Å². The zero-order valence-electron chi connectivity index (χ0n) is 10.9. The summed E-state index contributed by atoms with van der Waals surface area (Å²) in [5.41, 5.74) is 0.878. The molecular formula is C14H19NO3. The van der Waals surface area contributed by atoms with Crippen LogP contribution < -0.4 is 5.32 Å². The van der Waals surface area contributed by atoms with E-state index in [0.29, 0.717) is 0 Å². The average molecular weight is 249 g/mol. The highest BCUT2D eigenvalue weighted by atomic mass is 16.4. The van der Waals surface area contributed by atoms with Gasteiger partial charge in [0.15, 0.2) is 0 Å². The third kappa shape index (κ3) is 3.58. The Balaban J connectivity index is 2.73. The summed E-state index contributed by atoms with van der Waals surface area (Å²) in [5.74, 6) is -1.76. The first-order valence-corrected chi connectivity index (χ1v) is 6.01. The molecule has 1 unspecified atom stereocenters. The first-order chi connectivity index (χ1) is 8.43. The Morgan fingerprint density at radius 3 is 2.11 bits per heavy atom. The van der Waals surface area contributed by atoms with Crippen LogP contribution in [0, 0.1) is 5.92 Å². The van der Waals surface area contributed by atoms with Crippen LogP contribution in [0.3, 0.4) is 0 Å². The Kier molecular flexibility index (Phi) is 4.89. The number of benzene rings is 1. The SMILES string of the molecule is CC(C(=O)N[C@H](C(=O)O)C(C)C)c1ccccc1. The zero-order valence-corrected chi connectivity index (χ0v) is 10.9. The lowest BCUT2D eigenvalue weighted by atomic mass is 9.98. The van der Waals surface area contributed by atoms with Crippen molar-refractivity contribution in [3.8, 4) is 0 Å². The Morgan fingerprint density at radius 2 is 1.67 bits per heavy atom. The fraction of sp³-hybridized carbons (Fsp3) is 0.429. The quantitative estimate of drug-likeness (QED) is 0.839. The Morgan fingerprint density at radius 1 is 1.11 bits per heavy atom. The van der Waals surface area contributed by atoms with Crippen molar-refractivity contribution in [1.82, 2.24) is 5.32 Å². The third-order valence-corrected chi connectivity index (χ3v) is 2.92. The second-order valence-corrected chi connectivity index (χ2v) is 4.70. The minimum atomic E-state index is -1.00. The lowest BCUT2D eigenvalue weighted by Gasteiger charge is -2.20. The number of rotatable bonds is 5. The number of carboxylic acid groups (broad SMARTS) is 1. The van der Waals surface area contributed by atoms with E-state index < -0.39 is 12.0 Å². The highest BCUT2D eigenvalue weighted by Gasteiger charge is 2.26. The van der Waals surface area contributed by atoms with Crippen molar-refractivity contribution in [2.75, 3.05) is 0 Å². The molecule has 1 aromatic carbocycles. The van der Waals surface area contributed by atoms with Crippen molar-refractivity contribution in [2.24, 2.45) is 5.92 Å². The lowest BCUT2D eigenvalue weighted by Crippen LogP contribution is -2.45. The number of hydrogen-bond donors (Lipinski definition) is 2. The first kappa shape index (κ1) is 14.2. The molecule has 0 aliphatic rings. The predicted octanol–water partition coefficient (Wildman–Crippen LogP) is 2.02. The number of hydrogen-bond acceptors (Lipinski definition) is 2. The van der Waals surface area contributed by atoms with Crippen LogP contribution in [-0.4, -0.2) is 23.0 Å². The van der Waals surface area contributed by atoms with Gasteiger partial charge in [-0.3, -0.25) is 4.79 Å².